The molecule has 150 valence electrons. The molecule has 0 aliphatic carbocycles. The van der Waals surface area contributed by atoms with Crippen LogP contribution in [0.25, 0.3) is 10.9 Å². The van der Waals surface area contributed by atoms with Crippen molar-refractivity contribution in [2.24, 2.45) is 5.92 Å². The highest BCUT2D eigenvalue weighted by atomic mass is 19.4. The number of nitrogens with one attached hydrogen (secondary N) is 1. The first-order valence-electron chi connectivity index (χ1n) is 9.07. The normalized spacial score (nSPS) is 13.7. The third-order valence-electron chi connectivity index (χ3n) is 5.16. The Hall–Kier alpha value is -2.50. The highest BCUT2D eigenvalue weighted by Gasteiger charge is 2.43. The van der Waals surface area contributed by atoms with Gasteiger partial charge in [-0.2, -0.15) is 13.2 Å². The first-order valence-corrected chi connectivity index (χ1v) is 9.07. The van der Waals surface area contributed by atoms with E-state index in [-0.39, 0.29) is 18.6 Å². The molecule has 1 atom stereocenters. The van der Waals surface area contributed by atoms with Gasteiger partial charge in [0.1, 0.15) is 11.6 Å². The summed E-state index contributed by atoms with van der Waals surface area (Å²) < 4.78 is 60.3. The van der Waals surface area contributed by atoms with E-state index in [1.165, 1.54) is 25.3 Å². The number of aromatic amines is 1. The van der Waals surface area contributed by atoms with Crippen molar-refractivity contribution in [3.63, 3.8) is 0 Å². The van der Waals surface area contributed by atoms with E-state index in [2.05, 4.69) is 4.98 Å². The summed E-state index contributed by atoms with van der Waals surface area (Å²) in [5.74, 6) is -1.77. The number of benzene rings is 2. The highest BCUT2D eigenvalue weighted by Crippen LogP contribution is 2.42. The van der Waals surface area contributed by atoms with Crippen molar-refractivity contribution in [3.8, 4) is 5.75 Å². The van der Waals surface area contributed by atoms with Crippen LogP contribution in [0.2, 0.25) is 0 Å². The third kappa shape index (κ3) is 4.32. The Morgan fingerprint density at radius 2 is 1.75 bits per heavy atom. The summed E-state index contributed by atoms with van der Waals surface area (Å²) in [5, 5.41) is 0.887. The van der Waals surface area contributed by atoms with Gasteiger partial charge in [-0.15, -0.1) is 0 Å². The largest absolute Gasteiger partial charge is 0.496 e. The SMILES string of the molecule is COc1cc(F)ccc1C(C)(C)CC(Cc1cc2ccccc2[nH]1)C(F)(F)F. The van der Waals surface area contributed by atoms with Crippen molar-refractivity contribution in [1.29, 1.82) is 0 Å². The van der Waals surface area contributed by atoms with Gasteiger partial charge in [0, 0.05) is 17.3 Å². The van der Waals surface area contributed by atoms with Gasteiger partial charge in [0.15, 0.2) is 0 Å². The van der Waals surface area contributed by atoms with E-state index in [0.29, 0.717) is 11.3 Å². The van der Waals surface area contributed by atoms with Crippen molar-refractivity contribution in [3.05, 3.63) is 65.6 Å². The van der Waals surface area contributed by atoms with E-state index < -0.39 is 23.3 Å². The summed E-state index contributed by atoms with van der Waals surface area (Å²) in [6.07, 6.45) is -4.65. The third-order valence-corrected chi connectivity index (χ3v) is 5.16. The van der Waals surface area contributed by atoms with Crippen LogP contribution in [0.15, 0.2) is 48.5 Å². The second-order valence-electron chi connectivity index (χ2n) is 7.76. The molecule has 1 unspecified atom stereocenters. The maximum absolute atomic E-state index is 13.8. The van der Waals surface area contributed by atoms with E-state index in [4.69, 9.17) is 4.74 Å². The van der Waals surface area contributed by atoms with E-state index in [9.17, 15) is 17.6 Å². The molecule has 0 saturated carbocycles. The molecular formula is C22H23F4NO. The molecule has 28 heavy (non-hydrogen) atoms. The number of alkyl halides is 3. The first-order chi connectivity index (χ1) is 13.1. The van der Waals surface area contributed by atoms with Gasteiger partial charge < -0.3 is 9.72 Å². The number of rotatable bonds is 6. The Labute approximate surface area is 161 Å². The molecule has 1 aromatic heterocycles. The smallest absolute Gasteiger partial charge is 0.392 e. The molecule has 0 radical (unpaired) electrons. The Bertz CT molecular complexity index is 926. The highest BCUT2D eigenvalue weighted by molar-refractivity contribution is 5.80. The van der Waals surface area contributed by atoms with E-state index in [1.54, 1.807) is 19.9 Å². The Morgan fingerprint density at radius 1 is 1.04 bits per heavy atom. The minimum atomic E-state index is -4.36. The lowest BCUT2D eigenvalue weighted by Crippen LogP contribution is -2.32. The van der Waals surface area contributed by atoms with Gasteiger partial charge >= 0.3 is 6.18 Å². The summed E-state index contributed by atoms with van der Waals surface area (Å²) >= 11 is 0. The molecule has 0 bridgehead atoms. The van der Waals surface area contributed by atoms with Crippen LogP contribution >= 0.6 is 0 Å². The number of ether oxygens (including phenoxy) is 1. The van der Waals surface area contributed by atoms with Crippen molar-refractivity contribution in [1.82, 2.24) is 4.98 Å². The number of hydrogen-bond donors (Lipinski definition) is 1. The molecule has 0 aliphatic heterocycles. The van der Waals surface area contributed by atoms with Gasteiger partial charge in [0.2, 0.25) is 0 Å². The molecule has 3 aromatic rings. The number of methoxy groups -OCH3 is 1. The predicted molar refractivity (Wildman–Crippen MR) is 102 cm³/mol. The van der Waals surface area contributed by atoms with Crippen LogP contribution in [0.3, 0.4) is 0 Å². The zero-order valence-electron chi connectivity index (χ0n) is 16.0. The van der Waals surface area contributed by atoms with Crippen LogP contribution in [-0.4, -0.2) is 18.3 Å². The number of para-hydroxylation sites is 1. The summed E-state index contributed by atoms with van der Waals surface area (Å²) in [6, 6.07) is 13.1. The Kier molecular flexibility index (Phi) is 5.41. The molecule has 0 fully saturated rings. The molecule has 0 spiro atoms. The Balaban J connectivity index is 1.90. The molecule has 2 aromatic carbocycles. The van der Waals surface area contributed by atoms with Crippen LogP contribution in [0.1, 0.15) is 31.5 Å². The summed E-state index contributed by atoms with van der Waals surface area (Å²) in [6.45, 7) is 3.46. The van der Waals surface area contributed by atoms with Crippen LogP contribution in [0.5, 0.6) is 5.75 Å². The molecule has 2 nitrogen and oxygen atoms in total. The quantitative estimate of drug-likeness (QED) is 0.481. The lowest BCUT2D eigenvalue weighted by atomic mass is 9.75. The monoisotopic (exact) mass is 393 g/mol. The Morgan fingerprint density at radius 3 is 2.39 bits per heavy atom. The molecule has 3 rings (SSSR count). The van der Waals surface area contributed by atoms with E-state index in [1.807, 2.05) is 24.3 Å². The van der Waals surface area contributed by atoms with Gasteiger partial charge in [-0.1, -0.05) is 38.1 Å². The fourth-order valence-corrected chi connectivity index (χ4v) is 3.76. The molecule has 6 heteroatoms. The average Bonchev–Trinajstić information content (AvgIpc) is 3.02. The summed E-state index contributed by atoms with van der Waals surface area (Å²) in [5.41, 5.74) is 1.07. The van der Waals surface area contributed by atoms with E-state index in [0.717, 1.165) is 10.9 Å². The molecule has 1 heterocycles. The standard InChI is InChI=1S/C22H23F4NO/c1-21(2,18-9-8-16(23)12-20(18)28-3)13-15(22(24,25)26)11-17-10-14-6-4-5-7-19(14)27-17/h4-10,12,15,27H,11,13H2,1-3H3. The average molecular weight is 393 g/mol. The maximum atomic E-state index is 13.8. The second kappa shape index (κ2) is 7.49. The van der Waals surface area contributed by atoms with Gasteiger partial charge in [-0.25, -0.2) is 4.39 Å². The number of hydrogen-bond acceptors (Lipinski definition) is 1. The zero-order chi connectivity index (χ0) is 20.5. The predicted octanol–water partition coefficient (Wildman–Crippen LogP) is 6.40. The van der Waals surface area contributed by atoms with Gasteiger partial charge in [0.05, 0.1) is 13.0 Å². The van der Waals surface area contributed by atoms with Crippen LogP contribution in [0.4, 0.5) is 17.6 Å². The number of halogens is 4. The van der Waals surface area contributed by atoms with Crippen molar-refractivity contribution in [2.75, 3.05) is 7.11 Å². The molecule has 0 amide bonds. The van der Waals surface area contributed by atoms with Gasteiger partial charge in [-0.05, 0) is 47.4 Å². The van der Waals surface area contributed by atoms with Crippen LogP contribution < -0.4 is 4.74 Å². The van der Waals surface area contributed by atoms with Crippen LogP contribution in [0, 0.1) is 11.7 Å². The molecular weight excluding hydrogens is 370 g/mol. The van der Waals surface area contributed by atoms with E-state index >= 15 is 0 Å². The fraction of sp³-hybridized carbons (Fsp3) is 0.364. The van der Waals surface area contributed by atoms with Crippen molar-refractivity contribution in [2.45, 2.75) is 38.3 Å². The zero-order valence-corrected chi connectivity index (χ0v) is 16.0. The number of aromatic nitrogens is 1. The summed E-state index contributed by atoms with van der Waals surface area (Å²) in [4.78, 5) is 3.08. The lowest BCUT2D eigenvalue weighted by Gasteiger charge is -2.32. The number of fused-ring (bicyclic) bond motifs is 1. The maximum Gasteiger partial charge on any atom is 0.392 e. The first kappa shape index (κ1) is 20.2. The number of H-pyrrole nitrogens is 1. The molecule has 0 aliphatic rings. The van der Waals surface area contributed by atoms with Crippen molar-refractivity contribution >= 4 is 10.9 Å². The molecule has 0 saturated heterocycles. The second-order valence-corrected chi connectivity index (χ2v) is 7.76. The van der Waals surface area contributed by atoms with Gasteiger partial charge in [-0.3, -0.25) is 0 Å². The summed E-state index contributed by atoms with van der Waals surface area (Å²) in [7, 11) is 1.39. The minimum absolute atomic E-state index is 0.145. The topological polar surface area (TPSA) is 25.0 Å². The minimum Gasteiger partial charge on any atom is -0.496 e. The lowest BCUT2D eigenvalue weighted by molar-refractivity contribution is -0.179. The van der Waals surface area contributed by atoms with Crippen molar-refractivity contribution < 1.29 is 22.3 Å². The van der Waals surface area contributed by atoms with Gasteiger partial charge in [0.25, 0.3) is 0 Å². The fourth-order valence-electron chi connectivity index (χ4n) is 3.76. The van der Waals surface area contributed by atoms with Crippen LogP contribution in [-0.2, 0) is 11.8 Å². The molecule has 1 N–H and O–H groups in total.